The Morgan fingerprint density at radius 1 is 1.32 bits per heavy atom. The Morgan fingerprint density at radius 3 is 2.68 bits per heavy atom. The van der Waals surface area contributed by atoms with E-state index < -0.39 is 31.2 Å². The minimum atomic E-state index is -4.47. The van der Waals surface area contributed by atoms with Crippen LogP contribution < -0.4 is 10.2 Å². The molecule has 1 heterocycles. The van der Waals surface area contributed by atoms with Crippen molar-refractivity contribution in [2.45, 2.75) is 6.18 Å². The average Bonchev–Trinajstić information content (AvgIpc) is 2.77. The molecule has 1 aromatic rings. The van der Waals surface area contributed by atoms with Crippen LogP contribution in [-0.2, 0) is 4.79 Å². The largest absolute Gasteiger partial charge is 0.405 e. The Kier molecular flexibility index (Phi) is 4.80. The van der Waals surface area contributed by atoms with E-state index in [0.29, 0.717) is 17.3 Å². The van der Waals surface area contributed by atoms with Crippen LogP contribution in [0.25, 0.3) is 0 Å². The number of urea groups is 1. The maximum absolute atomic E-state index is 12.2. The van der Waals surface area contributed by atoms with E-state index in [2.05, 4.69) is 0 Å². The van der Waals surface area contributed by atoms with E-state index in [1.165, 1.54) is 9.80 Å². The lowest BCUT2D eigenvalue weighted by molar-refractivity contribution is -0.138. The summed E-state index contributed by atoms with van der Waals surface area (Å²) in [4.78, 5) is 26.2. The van der Waals surface area contributed by atoms with Crippen molar-refractivity contribution >= 4 is 29.2 Å². The minimum Gasteiger partial charge on any atom is -0.345 e. The number of nitrogens with zero attached hydrogens (tertiary/aromatic N) is 2. The fraction of sp³-hybridized carbons (Fsp3) is 0.385. The molecule has 2 rings (SSSR count). The lowest BCUT2D eigenvalue weighted by Gasteiger charge is -2.18. The molecular formula is C13H13ClF3N3O2. The number of rotatable bonds is 4. The van der Waals surface area contributed by atoms with Gasteiger partial charge < -0.3 is 10.2 Å². The van der Waals surface area contributed by atoms with Gasteiger partial charge in [-0.2, -0.15) is 13.2 Å². The van der Waals surface area contributed by atoms with Gasteiger partial charge in [-0.15, -0.1) is 0 Å². The van der Waals surface area contributed by atoms with Crippen molar-refractivity contribution in [1.82, 2.24) is 10.2 Å². The molecule has 0 atom stereocenters. The molecule has 1 saturated heterocycles. The molecule has 1 aliphatic rings. The first-order valence-corrected chi connectivity index (χ1v) is 6.79. The van der Waals surface area contributed by atoms with Crippen molar-refractivity contribution in [1.29, 1.82) is 0 Å². The van der Waals surface area contributed by atoms with Gasteiger partial charge in [0.05, 0.1) is 0 Å². The van der Waals surface area contributed by atoms with Gasteiger partial charge in [0, 0.05) is 23.8 Å². The number of anilines is 1. The van der Waals surface area contributed by atoms with Crippen molar-refractivity contribution in [2.24, 2.45) is 0 Å². The van der Waals surface area contributed by atoms with Crippen LogP contribution in [0, 0.1) is 0 Å². The zero-order valence-electron chi connectivity index (χ0n) is 11.4. The van der Waals surface area contributed by atoms with Gasteiger partial charge in [-0.3, -0.25) is 9.69 Å². The molecule has 0 aliphatic carbocycles. The third kappa shape index (κ3) is 4.27. The SMILES string of the molecule is O=C(CN1CCN(c2cccc(Cl)c2)C1=O)NCC(F)(F)F. The zero-order chi connectivity index (χ0) is 16.3. The summed E-state index contributed by atoms with van der Waals surface area (Å²) in [5.41, 5.74) is 0.579. The molecular weight excluding hydrogens is 323 g/mol. The predicted octanol–water partition coefficient (Wildman–Crippen LogP) is 2.26. The van der Waals surface area contributed by atoms with Crippen molar-refractivity contribution in [2.75, 3.05) is 31.1 Å². The van der Waals surface area contributed by atoms with E-state index in [9.17, 15) is 22.8 Å². The first kappa shape index (κ1) is 16.4. The summed E-state index contributed by atoms with van der Waals surface area (Å²) in [7, 11) is 0. The van der Waals surface area contributed by atoms with Gasteiger partial charge in [-0.05, 0) is 18.2 Å². The maximum atomic E-state index is 12.2. The van der Waals surface area contributed by atoms with Gasteiger partial charge in [0.25, 0.3) is 0 Å². The fourth-order valence-electron chi connectivity index (χ4n) is 2.04. The van der Waals surface area contributed by atoms with Crippen LogP contribution >= 0.6 is 11.6 Å². The molecule has 1 fully saturated rings. The number of carbonyl (C=O) groups is 2. The van der Waals surface area contributed by atoms with Gasteiger partial charge in [0.1, 0.15) is 13.1 Å². The Morgan fingerprint density at radius 2 is 2.05 bits per heavy atom. The summed E-state index contributed by atoms with van der Waals surface area (Å²) in [5, 5.41) is 2.20. The molecule has 1 aromatic carbocycles. The maximum Gasteiger partial charge on any atom is 0.405 e. The number of alkyl halides is 3. The summed E-state index contributed by atoms with van der Waals surface area (Å²) in [6.07, 6.45) is -4.47. The quantitative estimate of drug-likeness (QED) is 0.917. The lowest BCUT2D eigenvalue weighted by Crippen LogP contribution is -2.42. The molecule has 5 nitrogen and oxygen atoms in total. The topological polar surface area (TPSA) is 52.7 Å². The molecule has 0 radical (unpaired) electrons. The van der Waals surface area contributed by atoms with Crippen LogP contribution in [0.1, 0.15) is 0 Å². The molecule has 9 heteroatoms. The first-order chi connectivity index (χ1) is 10.3. The molecule has 3 amide bonds. The van der Waals surface area contributed by atoms with Crippen molar-refractivity contribution in [3.05, 3.63) is 29.3 Å². The van der Waals surface area contributed by atoms with E-state index in [1.54, 1.807) is 29.6 Å². The van der Waals surface area contributed by atoms with E-state index in [-0.39, 0.29) is 6.54 Å². The normalized spacial score (nSPS) is 15.4. The molecule has 1 aliphatic heterocycles. The molecule has 0 saturated carbocycles. The van der Waals surface area contributed by atoms with E-state index in [4.69, 9.17) is 11.6 Å². The molecule has 0 bridgehead atoms. The molecule has 0 spiro atoms. The number of carbonyl (C=O) groups excluding carboxylic acids is 2. The van der Waals surface area contributed by atoms with Crippen LogP contribution in [0.4, 0.5) is 23.7 Å². The van der Waals surface area contributed by atoms with E-state index in [0.717, 1.165) is 0 Å². The van der Waals surface area contributed by atoms with Crippen LogP contribution in [0.2, 0.25) is 5.02 Å². The van der Waals surface area contributed by atoms with Crippen LogP contribution in [0.15, 0.2) is 24.3 Å². The second-order valence-corrected chi connectivity index (χ2v) is 5.16. The zero-order valence-corrected chi connectivity index (χ0v) is 12.1. The summed E-state index contributed by atoms with van der Waals surface area (Å²) in [5.74, 6) is -0.849. The highest BCUT2D eigenvalue weighted by Gasteiger charge is 2.32. The highest BCUT2D eigenvalue weighted by atomic mass is 35.5. The number of benzene rings is 1. The van der Waals surface area contributed by atoms with Crippen molar-refractivity contribution < 1.29 is 22.8 Å². The molecule has 22 heavy (non-hydrogen) atoms. The van der Waals surface area contributed by atoms with Gasteiger partial charge in [0.15, 0.2) is 0 Å². The number of halogens is 4. The van der Waals surface area contributed by atoms with Crippen LogP contribution in [0.3, 0.4) is 0 Å². The van der Waals surface area contributed by atoms with E-state index >= 15 is 0 Å². The second-order valence-electron chi connectivity index (χ2n) is 4.73. The number of nitrogens with one attached hydrogen (secondary N) is 1. The predicted molar refractivity (Wildman–Crippen MR) is 74.8 cm³/mol. The molecule has 0 aromatic heterocycles. The summed E-state index contributed by atoms with van der Waals surface area (Å²) < 4.78 is 36.0. The van der Waals surface area contributed by atoms with Crippen molar-refractivity contribution in [3.63, 3.8) is 0 Å². The third-order valence-electron chi connectivity index (χ3n) is 3.04. The molecule has 0 unspecified atom stereocenters. The highest BCUT2D eigenvalue weighted by molar-refractivity contribution is 6.30. The Balaban J connectivity index is 1.93. The second kappa shape index (κ2) is 6.43. The van der Waals surface area contributed by atoms with Gasteiger partial charge >= 0.3 is 12.2 Å². The summed E-state index contributed by atoms with van der Waals surface area (Å²) >= 11 is 5.85. The van der Waals surface area contributed by atoms with Crippen LogP contribution in [0.5, 0.6) is 0 Å². The Labute approximate surface area is 129 Å². The number of amides is 3. The smallest absolute Gasteiger partial charge is 0.345 e. The molecule has 120 valence electrons. The van der Waals surface area contributed by atoms with E-state index in [1.807, 2.05) is 0 Å². The number of hydrogen-bond donors (Lipinski definition) is 1. The van der Waals surface area contributed by atoms with Crippen LogP contribution in [-0.4, -0.2) is 49.2 Å². The first-order valence-electron chi connectivity index (χ1n) is 6.42. The summed E-state index contributed by atoms with van der Waals surface area (Å²) in [6, 6.07) is 6.20. The van der Waals surface area contributed by atoms with Crippen molar-refractivity contribution in [3.8, 4) is 0 Å². The fourth-order valence-corrected chi connectivity index (χ4v) is 2.23. The monoisotopic (exact) mass is 335 g/mol. The van der Waals surface area contributed by atoms with Gasteiger partial charge in [-0.1, -0.05) is 17.7 Å². The standard InChI is InChI=1S/C13H13ClF3N3O2/c14-9-2-1-3-10(6-9)20-5-4-19(12(20)22)7-11(21)18-8-13(15,16)17/h1-3,6H,4-5,7-8H2,(H,18,21). The Bertz CT molecular complexity index is 580. The lowest BCUT2D eigenvalue weighted by atomic mass is 10.3. The Hall–Kier alpha value is -1.96. The van der Waals surface area contributed by atoms with Gasteiger partial charge in [0.2, 0.25) is 5.91 Å². The van der Waals surface area contributed by atoms with Gasteiger partial charge in [-0.25, -0.2) is 4.79 Å². The minimum absolute atomic E-state index is 0.255. The summed E-state index contributed by atoms with van der Waals surface area (Å²) in [6.45, 7) is -1.23. The third-order valence-corrected chi connectivity index (χ3v) is 3.27. The highest BCUT2D eigenvalue weighted by Crippen LogP contribution is 2.23. The molecule has 1 N–H and O–H groups in total. The average molecular weight is 336 g/mol. The number of hydrogen-bond acceptors (Lipinski definition) is 2.